The molecule has 0 atom stereocenters. The number of urea groups is 1. The molecule has 15 heavy (non-hydrogen) atoms. The zero-order valence-electron chi connectivity index (χ0n) is 10.0. The van der Waals surface area contributed by atoms with Crippen molar-refractivity contribution in [2.24, 2.45) is 11.7 Å². The van der Waals surface area contributed by atoms with Crippen molar-refractivity contribution in [2.75, 3.05) is 19.6 Å². The number of primary amides is 1. The number of hydrogen-bond acceptors (Lipinski definition) is 2. The zero-order valence-corrected chi connectivity index (χ0v) is 10.0. The van der Waals surface area contributed by atoms with Crippen LogP contribution >= 0.6 is 0 Å². The lowest BCUT2D eigenvalue weighted by molar-refractivity contribution is 0.129. The van der Waals surface area contributed by atoms with Crippen molar-refractivity contribution < 1.29 is 4.79 Å². The van der Waals surface area contributed by atoms with Crippen LogP contribution in [0.1, 0.15) is 33.6 Å². The predicted octanol–water partition coefficient (Wildman–Crippen LogP) is 1.17. The molecule has 0 aromatic carbocycles. The van der Waals surface area contributed by atoms with Crippen molar-refractivity contribution in [1.29, 1.82) is 0 Å². The molecular formula is C11H23N3O. The third kappa shape index (κ3) is 3.70. The van der Waals surface area contributed by atoms with Gasteiger partial charge >= 0.3 is 6.03 Å². The molecule has 0 radical (unpaired) electrons. The molecule has 1 aliphatic heterocycles. The summed E-state index contributed by atoms with van der Waals surface area (Å²) in [7, 11) is 0. The Hall–Kier alpha value is -0.770. The van der Waals surface area contributed by atoms with E-state index in [4.69, 9.17) is 5.73 Å². The minimum Gasteiger partial charge on any atom is -0.351 e. The van der Waals surface area contributed by atoms with Crippen molar-refractivity contribution >= 4 is 6.03 Å². The lowest BCUT2D eigenvalue weighted by Gasteiger charge is -2.38. The normalized spacial score (nSPS) is 18.9. The van der Waals surface area contributed by atoms with Gasteiger partial charge in [-0.2, -0.15) is 0 Å². The van der Waals surface area contributed by atoms with Crippen molar-refractivity contribution in [3.8, 4) is 0 Å². The number of amides is 2. The van der Waals surface area contributed by atoms with Crippen molar-refractivity contribution in [2.45, 2.75) is 39.2 Å². The molecule has 2 amide bonds. The maximum Gasteiger partial charge on any atom is 0.315 e. The van der Waals surface area contributed by atoms with Gasteiger partial charge in [0.15, 0.2) is 0 Å². The number of rotatable bonds is 2. The molecule has 1 heterocycles. The maximum atomic E-state index is 11.4. The van der Waals surface area contributed by atoms with Crippen LogP contribution in [0.5, 0.6) is 0 Å². The second-order valence-electron chi connectivity index (χ2n) is 5.31. The van der Waals surface area contributed by atoms with Gasteiger partial charge in [-0.25, -0.2) is 4.79 Å². The third-order valence-corrected chi connectivity index (χ3v) is 2.98. The molecule has 0 aromatic heterocycles. The van der Waals surface area contributed by atoms with E-state index in [1.54, 1.807) is 4.90 Å². The van der Waals surface area contributed by atoms with E-state index in [1.165, 1.54) is 0 Å². The first-order valence-corrected chi connectivity index (χ1v) is 5.69. The number of carbonyl (C=O) groups excluding carboxylic acids is 1. The van der Waals surface area contributed by atoms with Gasteiger partial charge in [-0.15, -0.1) is 0 Å². The second-order valence-corrected chi connectivity index (χ2v) is 5.31. The van der Waals surface area contributed by atoms with Crippen molar-refractivity contribution in [3.63, 3.8) is 0 Å². The fraction of sp³-hybridized carbons (Fsp3) is 0.909. The highest BCUT2D eigenvalue weighted by molar-refractivity contribution is 5.72. The number of piperidine rings is 1. The Kier molecular flexibility index (Phi) is 3.97. The van der Waals surface area contributed by atoms with Crippen LogP contribution in [-0.4, -0.2) is 36.1 Å². The Bertz CT molecular complexity index is 216. The maximum absolute atomic E-state index is 11.4. The standard InChI is InChI=1S/C11H23N3O/c1-11(2,3)14(10(12)15)8-9-4-6-13-7-5-9/h9,13H,4-8H2,1-3H3,(H2,12,15). The molecular weight excluding hydrogens is 190 g/mol. The van der Waals surface area contributed by atoms with Crippen LogP contribution in [0.2, 0.25) is 0 Å². The third-order valence-electron chi connectivity index (χ3n) is 2.98. The van der Waals surface area contributed by atoms with Gasteiger partial charge in [0.1, 0.15) is 0 Å². The van der Waals surface area contributed by atoms with Crippen molar-refractivity contribution in [3.05, 3.63) is 0 Å². The lowest BCUT2D eigenvalue weighted by atomic mass is 9.95. The molecule has 0 aliphatic carbocycles. The Balaban J connectivity index is 2.54. The van der Waals surface area contributed by atoms with Gasteiger partial charge in [-0.1, -0.05) is 0 Å². The molecule has 1 aliphatic rings. The Morgan fingerprint density at radius 3 is 2.33 bits per heavy atom. The quantitative estimate of drug-likeness (QED) is 0.723. The van der Waals surface area contributed by atoms with Crippen LogP contribution in [0.4, 0.5) is 4.79 Å². The van der Waals surface area contributed by atoms with Gasteiger partial charge < -0.3 is 16.0 Å². The average molecular weight is 213 g/mol. The topological polar surface area (TPSA) is 58.4 Å². The zero-order chi connectivity index (χ0) is 11.5. The summed E-state index contributed by atoms with van der Waals surface area (Å²) in [6.45, 7) is 8.99. The van der Waals surface area contributed by atoms with Crippen molar-refractivity contribution in [1.82, 2.24) is 10.2 Å². The number of nitrogens with one attached hydrogen (secondary N) is 1. The molecule has 0 aromatic rings. The predicted molar refractivity (Wildman–Crippen MR) is 61.6 cm³/mol. The summed E-state index contributed by atoms with van der Waals surface area (Å²) in [4.78, 5) is 13.1. The molecule has 0 saturated carbocycles. The van der Waals surface area contributed by atoms with E-state index in [2.05, 4.69) is 5.32 Å². The molecule has 1 rings (SSSR count). The summed E-state index contributed by atoms with van der Waals surface area (Å²) in [5.41, 5.74) is 5.24. The minimum atomic E-state index is -0.305. The number of nitrogens with zero attached hydrogens (tertiary/aromatic N) is 1. The largest absolute Gasteiger partial charge is 0.351 e. The molecule has 0 spiro atoms. The van der Waals surface area contributed by atoms with E-state index >= 15 is 0 Å². The van der Waals surface area contributed by atoms with Gasteiger partial charge in [0.25, 0.3) is 0 Å². The first kappa shape index (κ1) is 12.3. The molecule has 88 valence electrons. The van der Waals surface area contributed by atoms with Gasteiger partial charge in [-0.05, 0) is 52.6 Å². The van der Waals surface area contributed by atoms with Crippen LogP contribution in [0.15, 0.2) is 0 Å². The number of nitrogens with two attached hydrogens (primary N) is 1. The van der Waals surface area contributed by atoms with E-state index in [-0.39, 0.29) is 11.6 Å². The second kappa shape index (κ2) is 4.84. The summed E-state index contributed by atoms with van der Waals surface area (Å²) in [5, 5.41) is 3.32. The molecule has 1 saturated heterocycles. The number of hydrogen-bond donors (Lipinski definition) is 2. The van der Waals surface area contributed by atoms with Gasteiger partial charge in [0.2, 0.25) is 0 Å². The van der Waals surface area contributed by atoms with Crippen LogP contribution < -0.4 is 11.1 Å². The highest BCUT2D eigenvalue weighted by Gasteiger charge is 2.27. The molecule has 0 unspecified atom stereocenters. The highest BCUT2D eigenvalue weighted by atomic mass is 16.2. The number of carbonyl (C=O) groups is 1. The minimum absolute atomic E-state index is 0.170. The first-order chi connectivity index (χ1) is 6.91. The molecule has 0 bridgehead atoms. The SMILES string of the molecule is CC(C)(C)N(CC1CCNCC1)C(N)=O. The Morgan fingerprint density at radius 2 is 1.93 bits per heavy atom. The van der Waals surface area contributed by atoms with Gasteiger partial charge in [-0.3, -0.25) is 0 Å². The summed E-state index contributed by atoms with van der Waals surface area (Å²) in [6, 6.07) is -0.305. The fourth-order valence-electron chi connectivity index (χ4n) is 2.02. The molecule has 1 fully saturated rings. The summed E-state index contributed by atoms with van der Waals surface area (Å²) in [5.74, 6) is 0.595. The van der Waals surface area contributed by atoms with Gasteiger partial charge in [0, 0.05) is 12.1 Å². The average Bonchev–Trinajstić information content (AvgIpc) is 2.13. The van der Waals surface area contributed by atoms with E-state index < -0.39 is 0 Å². The van der Waals surface area contributed by atoms with Crippen LogP contribution in [0.25, 0.3) is 0 Å². The highest BCUT2D eigenvalue weighted by Crippen LogP contribution is 2.19. The van der Waals surface area contributed by atoms with Crippen LogP contribution in [0.3, 0.4) is 0 Å². The Labute approximate surface area is 92.2 Å². The van der Waals surface area contributed by atoms with E-state index in [1.807, 2.05) is 20.8 Å². The lowest BCUT2D eigenvalue weighted by Crippen LogP contribution is -2.51. The Morgan fingerprint density at radius 1 is 1.40 bits per heavy atom. The molecule has 3 N–H and O–H groups in total. The van der Waals surface area contributed by atoms with E-state index in [0.717, 1.165) is 32.5 Å². The summed E-state index contributed by atoms with van der Waals surface area (Å²) < 4.78 is 0. The van der Waals surface area contributed by atoms with Gasteiger partial charge in [0.05, 0.1) is 0 Å². The van der Waals surface area contributed by atoms with Crippen LogP contribution in [0, 0.1) is 5.92 Å². The summed E-state index contributed by atoms with van der Waals surface area (Å²) in [6.07, 6.45) is 2.28. The van der Waals surface area contributed by atoms with E-state index in [0.29, 0.717) is 5.92 Å². The van der Waals surface area contributed by atoms with Crippen LogP contribution in [-0.2, 0) is 0 Å². The smallest absolute Gasteiger partial charge is 0.315 e. The fourth-order valence-corrected chi connectivity index (χ4v) is 2.02. The monoisotopic (exact) mass is 213 g/mol. The summed E-state index contributed by atoms with van der Waals surface area (Å²) >= 11 is 0. The van der Waals surface area contributed by atoms with E-state index in [9.17, 15) is 4.79 Å². The molecule has 4 heteroatoms. The molecule has 4 nitrogen and oxygen atoms in total. The first-order valence-electron chi connectivity index (χ1n) is 5.69.